The van der Waals surface area contributed by atoms with E-state index in [2.05, 4.69) is 30.5 Å². The summed E-state index contributed by atoms with van der Waals surface area (Å²) in [5.41, 5.74) is 3.94. The molecule has 0 aromatic carbocycles. The highest BCUT2D eigenvalue weighted by Crippen LogP contribution is 2.31. The number of hydrogen-bond acceptors (Lipinski definition) is 8. The van der Waals surface area contributed by atoms with Gasteiger partial charge in [-0.3, -0.25) is 4.90 Å². The predicted molar refractivity (Wildman–Crippen MR) is 101 cm³/mol. The second-order valence-electron chi connectivity index (χ2n) is 6.41. The van der Waals surface area contributed by atoms with Crippen LogP contribution in [0.4, 0.5) is 11.8 Å². The van der Waals surface area contributed by atoms with E-state index in [0.717, 1.165) is 42.5 Å². The number of likely N-dealkylation sites (tertiary alicyclic amines) is 1. The zero-order valence-corrected chi connectivity index (χ0v) is 15.5. The van der Waals surface area contributed by atoms with E-state index in [9.17, 15) is 0 Å². The van der Waals surface area contributed by atoms with Crippen LogP contribution in [0.1, 0.15) is 42.5 Å². The van der Waals surface area contributed by atoms with E-state index in [1.54, 1.807) is 29.8 Å². The average molecular weight is 367 g/mol. The molecule has 1 aliphatic rings. The third-order valence-corrected chi connectivity index (χ3v) is 5.07. The summed E-state index contributed by atoms with van der Waals surface area (Å²) in [5.74, 6) is 2.13. The Bertz CT molecular complexity index is 838. The molecule has 26 heavy (non-hydrogen) atoms. The lowest BCUT2D eigenvalue weighted by Gasteiger charge is -2.34. The SMILES string of the molecule is Cc1cc(Nc2ncccn2)nc([C@@H]2CCCCN2Cc2cscn2)n1. The average Bonchev–Trinajstić information content (AvgIpc) is 3.16. The summed E-state index contributed by atoms with van der Waals surface area (Å²) >= 11 is 1.64. The van der Waals surface area contributed by atoms with Gasteiger partial charge in [0, 0.05) is 36.1 Å². The Balaban J connectivity index is 1.58. The molecule has 7 nitrogen and oxygen atoms in total. The molecule has 0 aliphatic carbocycles. The van der Waals surface area contributed by atoms with Crippen molar-refractivity contribution in [3.63, 3.8) is 0 Å². The Morgan fingerprint density at radius 2 is 2.08 bits per heavy atom. The van der Waals surface area contributed by atoms with E-state index in [-0.39, 0.29) is 6.04 Å². The molecule has 1 fully saturated rings. The normalized spacial score (nSPS) is 18.0. The van der Waals surface area contributed by atoms with Crippen LogP contribution in [0.3, 0.4) is 0 Å². The molecule has 3 aromatic heterocycles. The third-order valence-electron chi connectivity index (χ3n) is 4.44. The highest BCUT2D eigenvalue weighted by molar-refractivity contribution is 7.07. The molecule has 1 atom stereocenters. The van der Waals surface area contributed by atoms with Crippen LogP contribution in [0.2, 0.25) is 0 Å². The van der Waals surface area contributed by atoms with Crippen LogP contribution in [-0.2, 0) is 6.54 Å². The Morgan fingerprint density at radius 3 is 2.88 bits per heavy atom. The van der Waals surface area contributed by atoms with Crippen molar-refractivity contribution in [2.45, 2.75) is 38.8 Å². The lowest BCUT2D eigenvalue weighted by molar-refractivity contribution is 0.132. The number of anilines is 2. The van der Waals surface area contributed by atoms with Gasteiger partial charge in [0.25, 0.3) is 0 Å². The van der Waals surface area contributed by atoms with E-state index in [0.29, 0.717) is 5.95 Å². The van der Waals surface area contributed by atoms with Gasteiger partial charge in [0.1, 0.15) is 11.6 Å². The van der Waals surface area contributed by atoms with Gasteiger partial charge in [0.05, 0.1) is 17.2 Å². The van der Waals surface area contributed by atoms with Gasteiger partial charge in [-0.1, -0.05) is 6.42 Å². The maximum Gasteiger partial charge on any atom is 0.228 e. The fraction of sp³-hybridized carbons (Fsp3) is 0.389. The number of nitrogens with one attached hydrogen (secondary N) is 1. The maximum atomic E-state index is 4.77. The molecule has 0 amide bonds. The largest absolute Gasteiger partial charge is 0.309 e. The van der Waals surface area contributed by atoms with Crippen LogP contribution >= 0.6 is 11.3 Å². The molecule has 4 rings (SSSR count). The minimum atomic E-state index is 0.211. The molecule has 0 spiro atoms. The van der Waals surface area contributed by atoms with Crippen molar-refractivity contribution < 1.29 is 0 Å². The molecule has 0 saturated carbocycles. The molecular formula is C18H21N7S. The summed E-state index contributed by atoms with van der Waals surface area (Å²) in [6, 6.07) is 3.93. The summed E-state index contributed by atoms with van der Waals surface area (Å²) in [6.07, 6.45) is 6.88. The van der Waals surface area contributed by atoms with Crippen molar-refractivity contribution in [1.29, 1.82) is 0 Å². The highest BCUT2D eigenvalue weighted by atomic mass is 32.1. The number of nitrogens with zero attached hydrogens (tertiary/aromatic N) is 6. The molecular weight excluding hydrogens is 346 g/mol. The van der Waals surface area contributed by atoms with Crippen molar-refractivity contribution in [3.8, 4) is 0 Å². The van der Waals surface area contributed by atoms with Crippen LogP contribution < -0.4 is 5.32 Å². The molecule has 134 valence electrons. The van der Waals surface area contributed by atoms with Crippen molar-refractivity contribution in [2.75, 3.05) is 11.9 Å². The Morgan fingerprint density at radius 1 is 1.19 bits per heavy atom. The van der Waals surface area contributed by atoms with Crippen LogP contribution in [-0.4, -0.2) is 36.4 Å². The lowest BCUT2D eigenvalue weighted by atomic mass is 10.0. The van der Waals surface area contributed by atoms with Crippen molar-refractivity contribution in [2.24, 2.45) is 0 Å². The number of rotatable bonds is 5. The molecule has 8 heteroatoms. The minimum Gasteiger partial charge on any atom is -0.309 e. The fourth-order valence-corrected chi connectivity index (χ4v) is 3.83. The zero-order chi connectivity index (χ0) is 17.8. The van der Waals surface area contributed by atoms with Crippen LogP contribution in [0.25, 0.3) is 0 Å². The van der Waals surface area contributed by atoms with E-state index >= 15 is 0 Å². The Labute approximate surface area is 156 Å². The first-order valence-electron chi connectivity index (χ1n) is 8.79. The minimum absolute atomic E-state index is 0.211. The predicted octanol–water partition coefficient (Wildman–Crippen LogP) is 3.50. The van der Waals surface area contributed by atoms with E-state index in [1.165, 1.54) is 12.8 Å². The third kappa shape index (κ3) is 4.03. The van der Waals surface area contributed by atoms with Gasteiger partial charge in [0.2, 0.25) is 5.95 Å². The maximum absolute atomic E-state index is 4.77. The van der Waals surface area contributed by atoms with Gasteiger partial charge in [-0.2, -0.15) is 0 Å². The monoisotopic (exact) mass is 367 g/mol. The van der Waals surface area contributed by atoms with Gasteiger partial charge in [-0.05, 0) is 32.4 Å². The number of aromatic nitrogens is 5. The number of hydrogen-bond donors (Lipinski definition) is 1. The first kappa shape index (κ1) is 17.0. The van der Waals surface area contributed by atoms with Gasteiger partial charge < -0.3 is 5.32 Å². The molecule has 0 bridgehead atoms. The molecule has 1 aliphatic heterocycles. The first-order chi connectivity index (χ1) is 12.8. The highest BCUT2D eigenvalue weighted by Gasteiger charge is 2.27. The first-order valence-corrected chi connectivity index (χ1v) is 9.73. The van der Waals surface area contributed by atoms with Crippen LogP contribution in [0.5, 0.6) is 0 Å². The summed E-state index contributed by atoms with van der Waals surface area (Å²) in [7, 11) is 0. The molecule has 0 unspecified atom stereocenters. The van der Waals surface area contributed by atoms with Crippen molar-refractivity contribution in [1.82, 2.24) is 29.8 Å². The van der Waals surface area contributed by atoms with Crippen molar-refractivity contribution in [3.05, 3.63) is 52.6 Å². The van der Waals surface area contributed by atoms with Gasteiger partial charge in [-0.15, -0.1) is 11.3 Å². The van der Waals surface area contributed by atoms with E-state index < -0.39 is 0 Å². The van der Waals surface area contributed by atoms with Crippen LogP contribution in [0, 0.1) is 6.92 Å². The van der Waals surface area contributed by atoms with Crippen molar-refractivity contribution >= 4 is 23.1 Å². The summed E-state index contributed by atoms with van der Waals surface area (Å²) < 4.78 is 0. The van der Waals surface area contributed by atoms with Gasteiger partial charge >= 0.3 is 0 Å². The standard InChI is InChI=1S/C18H21N7S/c1-13-9-16(24-18-19-6-4-7-20-18)23-17(22-13)15-5-2-3-8-25(15)10-14-11-26-12-21-14/h4,6-7,9,11-12,15H,2-3,5,8,10H2,1H3,(H,19,20,22,23,24)/t15-/m0/s1. The quantitative estimate of drug-likeness (QED) is 0.739. The second kappa shape index (κ2) is 7.84. The molecule has 4 heterocycles. The van der Waals surface area contributed by atoms with E-state index in [4.69, 9.17) is 9.97 Å². The lowest BCUT2D eigenvalue weighted by Crippen LogP contribution is -2.34. The Hall–Kier alpha value is -2.45. The van der Waals surface area contributed by atoms with Gasteiger partial charge in [0.15, 0.2) is 0 Å². The summed E-state index contributed by atoms with van der Waals surface area (Å²) in [4.78, 5) is 24.8. The number of piperidine rings is 1. The van der Waals surface area contributed by atoms with Crippen LogP contribution in [0.15, 0.2) is 35.4 Å². The zero-order valence-electron chi connectivity index (χ0n) is 14.7. The topological polar surface area (TPSA) is 79.7 Å². The number of thiazole rings is 1. The van der Waals surface area contributed by atoms with Gasteiger partial charge in [-0.25, -0.2) is 24.9 Å². The van der Waals surface area contributed by atoms with E-state index in [1.807, 2.05) is 18.5 Å². The Kier molecular flexibility index (Phi) is 5.12. The summed E-state index contributed by atoms with van der Waals surface area (Å²) in [5, 5.41) is 5.30. The summed E-state index contributed by atoms with van der Waals surface area (Å²) in [6.45, 7) is 3.88. The molecule has 3 aromatic rings. The molecule has 1 saturated heterocycles. The number of aryl methyl sites for hydroxylation is 1. The second-order valence-corrected chi connectivity index (χ2v) is 7.13. The molecule has 1 N–H and O–H groups in total. The molecule has 0 radical (unpaired) electrons. The fourth-order valence-electron chi connectivity index (χ4n) is 3.28. The smallest absolute Gasteiger partial charge is 0.228 e.